The van der Waals surface area contributed by atoms with Crippen LogP contribution in [-0.2, 0) is 10.0 Å². The SMILES string of the molecule is CCOc1cccc(S(=O)(=O)N2CCC(NC)C2)c1. The highest BCUT2D eigenvalue weighted by Crippen LogP contribution is 2.24. The smallest absolute Gasteiger partial charge is 0.243 e. The van der Waals surface area contributed by atoms with Crippen LogP contribution in [0.25, 0.3) is 0 Å². The van der Waals surface area contributed by atoms with E-state index in [4.69, 9.17) is 4.74 Å². The van der Waals surface area contributed by atoms with Gasteiger partial charge in [-0.2, -0.15) is 4.31 Å². The summed E-state index contributed by atoms with van der Waals surface area (Å²) in [6, 6.07) is 6.92. The van der Waals surface area contributed by atoms with E-state index in [0.717, 1.165) is 6.42 Å². The Hall–Kier alpha value is -1.11. The summed E-state index contributed by atoms with van der Waals surface area (Å²) in [4.78, 5) is 0.301. The number of likely N-dealkylation sites (N-methyl/N-ethyl adjacent to an activating group) is 1. The van der Waals surface area contributed by atoms with Gasteiger partial charge in [-0.25, -0.2) is 8.42 Å². The number of ether oxygens (including phenoxy) is 1. The maximum Gasteiger partial charge on any atom is 0.243 e. The van der Waals surface area contributed by atoms with Crippen molar-refractivity contribution in [2.45, 2.75) is 24.3 Å². The molecule has 0 amide bonds. The minimum absolute atomic E-state index is 0.241. The largest absolute Gasteiger partial charge is 0.494 e. The Kier molecular flexibility index (Phi) is 4.44. The highest BCUT2D eigenvalue weighted by molar-refractivity contribution is 7.89. The molecule has 5 nitrogen and oxygen atoms in total. The zero-order chi connectivity index (χ0) is 13.9. The lowest BCUT2D eigenvalue weighted by atomic mass is 10.3. The molecule has 1 atom stereocenters. The fraction of sp³-hybridized carbons (Fsp3) is 0.538. The normalized spacial score (nSPS) is 20.6. The van der Waals surface area contributed by atoms with Gasteiger partial charge in [0, 0.05) is 25.2 Å². The molecule has 0 spiro atoms. The molecule has 1 fully saturated rings. The lowest BCUT2D eigenvalue weighted by molar-refractivity contribution is 0.339. The van der Waals surface area contributed by atoms with Gasteiger partial charge in [-0.3, -0.25) is 0 Å². The summed E-state index contributed by atoms with van der Waals surface area (Å²) in [7, 11) is -1.55. The highest BCUT2D eigenvalue weighted by Gasteiger charge is 2.31. The van der Waals surface area contributed by atoms with Gasteiger partial charge < -0.3 is 10.1 Å². The van der Waals surface area contributed by atoms with E-state index in [2.05, 4.69) is 5.32 Å². The van der Waals surface area contributed by atoms with Crippen LogP contribution in [0.3, 0.4) is 0 Å². The third kappa shape index (κ3) is 3.08. The first-order valence-corrected chi connectivity index (χ1v) is 7.92. The number of nitrogens with zero attached hydrogens (tertiary/aromatic N) is 1. The topological polar surface area (TPSA) is 58.6 Å². The molecule has 106 valence electrons. The Bertz CT molecular complexity index is 530. The molecular weight excluding hydrogens is 264 g/mol. The Morgan fingerprint density at radius 1 is 1.47 bits per heavy atom. The summed E-state index contributed by atoms with van der Waals surface area (Å²) >= 11 is 0. The maximum absolute atomic E-state index is 12.5. The first-order valence-electron chi connectivity index (χ1n) is 6.48. The molecule has 0 saturated carbocycles. The van der Waals surface area contributed by atoms with E-state index in [0.29, 0.717) is 30.3 Å². The van der Waals surface area contributed by atoms with Crippen LogP contribution in [0.2, 0.25) is 0 Å². The number of hydrogen-bond acceptors (Lipinski definition) is 4. The minimum Gasteiger partial charge on any atom is -0.494 e. The van der Waals surface area contributed by atoms with Crippen molar-refractivity contribution in [3.05, 3.63) is 24.3 Å². The van der Waals surface area contributed by atoms with Crippen molar-refractivity contribution in [2.24, 2.45) is 0 Å². The van der Waals surface area contributed by atoms with Crippen LogP contribution >= 0.6 is 0 Å². The summed E-state index contributed by atoms with van der Waals surface area (Å²) < 4.78 is 31.9. The molecule has 0 radical (unpaired) electrons. The molecule has 1 aromatic rings. The Balaban J connectivity index is 2.22. The van der Waals surface area contributed by atoms with Crippen molar-refractivity contribution in [1.82, 2.24) is 9.62 Å². The van der Waals surface area contributed by atoms with Gasteiger partial charge in [-0.05, 0) is 32.5 Å². The molecule has 2 rings (SSSR count). The zero-order valence-corrected chi connectivity index (χ0v) is 12.1. The summed E-state index contributed by atoms with van der Waals surface area (Å²) in [6.45, 7) is 3.48. The Morgan fingerprint density at radius 3 is 2.89 bits per heavy atom. The van der Waals surface area contributed by atoms with Crippen molar-refractivity contribution in [3.63, 3.8) is 0 Å². The van der Waals surface area contributed by atoms with Gasteiger partial charge in [0.15, 0.2) is 0 Å². The third-order valence-corrected chi connectivity index (χ3v) is 5.17. The van der Waals surface area contributed by atoms with Crippen molar-refractivity contribution in [3.8, 4) is 5.75 Å². The second-order valence-electron chi connectivity index (χ2n) is 4.55. The molecule has 6 heteroatoms. The van der Waals surface area contributed by atoms with Gasteiger partial charge in [-0.1, -0.05) is 6.07 Å². The van der Waals surface area contributed by atoms with Gasteiger partial charge in [0.1, 0.15) is 5.75 Å². The quantitative estimate of drug-likeness (QED) is 0.878. The van der Waals surface area contributed by atoms with Crippen LogP contribution in [0.1, 0.15) is 13.3 Å². The summed E-state index contributed by atoms with van der Waals surface area (Å²) in [5.74, 6) is 0.591. The molecule has 1 aliphatic heterocycles. The zero-order valence-electron chi connectivity index (χ0n) is 11.3. The molecule has 1 N–H and O–H groups in total. The molecule has 0 bridgehead atoms. The van der Waals surface area contributed by atoms with E-state index in [-0.39, 0.29) is 6.04 Å². The first-order chi connectivity index (χ1) is 9.07. The predicted molar refractivity (Wildman–Crippen MR) is 73.8 cm³/mol. The summed E-state index contributed by atoms with van der Waals surface area (Å²) in [6.07, 6.45) is 0.848. The van der Waals surface area contributed by atoms with Crippen LogP contribution in [0.4, 0.5) is 0 Å². The average Bonchev–Trinajstić information content (AvgIpc) is 2.89. The molecular formula is C13H20N2O3S. The molecule has 1 aromatic carbocycles. The standard InChI is InChI=1S/C13H20N2O3S/c1-3-18-12-5-4-6-13(9-12)19(16,17)15-8-7-11(10-15)14-2/h4-6,9,11,14H,3,7-8,10H2,1-2H3. The Labute approximate surface area is 114 Å². The van der Waals surface area contributed by atoms with Crippen LogP contribution in [-0.4, -0.2) is 45.5 Å². The van der Waals surface area contributed by atoms with Gasteiger partial charge in [-0.15, -0.1) is 0 Å². The van der Waals surface area contributed by atoms with Crippen LogP contribution in [0.5, 0.6) is 5.75 Å². The van der Waals surface area contributed by atoms with Crippen molar-refractivity contribution in [1.29, 1.82) is 0 Å². The van der Waals surface area contributed by atoms with Gasteiger partial charge in [0.25, 0.3) is 0 Å². The molecule has 19 heavy (non-hydrogen) atoms. The van der Waals surface area contributed by atoms with E-state index in [9.17, 15) is 8.42 Å². The Morgan fingerprint density at radius 2 is 2.26 bits per heavy atom. The monoisotopic (exact) mass is 284 g/mol. The fourth-order valence-electron chi connectivity index (χ4n) is 2.22. The molecule has 0 aliphatic carbocycles. The fourth-order valence-corrected chi connectivity index (χ4v) is 3.76. The second kappa shape index (κ2) is 5.90. The minimum atomic E-state index is -3.41. The van der Waals surface area contributed by atoms with Gasteiger partial charge >= 0.3 is 0 Å². The number of hydrogen-bond donors (Lipinski definition) is 1. The van der Waals surface area contributed by atoms with E-state index in [1.165, 1.54) is 4.31 Å². The van der Waals surface area contributed by atoms with Crippen LogP contribution < -0.4 is 10.1 Å². The lowest BCUT2D eigenvalue weighted by Crippen LogP contribution is -2.33. The second-order valence-corrected chi connectivity index (χ2v) is 6.48. The van der Waals surface area contributed by atoms with Crippen molar-refractivity contribution >= 4 is 10.0 Å². The molecule has 0 aromatic heterocycles. The lowest BCUT2D eigenvalue weighted by Gasteiger charge is -2.17. The number of nitrogens with one attached hydrogen (secondary N) is 1. The van der Waals surface area contributed by atoms with E-state index in [1.54, 1.807) is 24.3 Å². The van der Waals surface area contributed by atoms with E-state index >= 15 is 0 Å². The summed E-state index contributed by atoms with van der Waals surface area (Å²) in [5, 5.41) is 3.12. The van der Waals surface area contributed by atoms with E-state index < -0.39 is 10.0 Å². The van der Waals surface area contributed by atoms with Gasteiger partial charge in [0.05, 0.1) is 11.5 Å². The van der Waals surface area contributed by atoms with Crippen LogP contribution in [0, 0.1) is 0 Å². The molecule has 1 aliphatic rings. The maximum atomic E-state index is 12.5. The van der Waals surface area contributed by atoms with Crippen molar-refractivity contribution in [2.75, 3.05) is 26.7 Å². The summed E-state index contributed by atoms with van der Waals surface area (Å²) in [5.41, 5.74) is 0. The number of rotatable bonds is 5. The number of sulfonamides is 1. The molecule has 1 heterocycles. The molecule has 1 unspecified atom stereocenters. The number of benzene rings is 1. The first kappa shape index (κ1) is 14.3. The van der Waals surface area contributed by atoms with E-state index in [1.807, 2.05) is 14.0 Å². The van der Waals surface area contributed by atoms with Crippen LogP contribution in [0.15, 0.2) is 29.2 Å². The van der Waals surface area contributed by atoms with Crippen molar-refractivity contribution < 1.29 is 13.2 Å². The van der Waals surface area contributed by atoms with Gasteiger partial charge in [0.2, 0.25) is 10.0 Å². The molecule has 1 saturated heterocycles. The third-order valence-electron chi connectivity index (χ3n) is 3.31. The average molecular weight is 284 g/mol. The predicted octanol–water partition coefficient (Wildman–Crippen LogP) is 1.07. The highest BCUT2D eigenvalue weighted by atomic mass is 32.2.